The van der Waals surface area contributed by atoms with Gasteiger partial charge in [-0.2, -0.15) is 0 Å². The average molecular weight is 242 g/mol. The lowest BCUT2D eigenvalue weighted by Crippen LogP contribution is -2.42. The van der Waals surface area contributed by atoms with Gasteiger partial charge in [-0.05, 0) is 32.0 Å². The van der Waals surface area contributed by atoms with Gasteiger partial charge in [-0.1, -0.05) is 6.08 Å². The number of amides is 1. The molecule has 2 N–H and O–H groups in total. The molecular formula is C10H14N2O3S. The predicted molar refractivity (Wildman–Crippen MR) is 59.9 cm³/mol. The van der Waals surface area contributed by atoms with E-state index in [9.17, 15) is 13.2 Å². The zero-order chi connectivity index (χ0) is 12.0. The lowest BCUT2D eigenvalue weighted by Gasteiger charge is -2.28. The second-order valence-corrected chi connectivity index (χ2v) is 6.62. The van der Waals surface area contributed by atoms with Gasteiger partial charge in [0.2, 0.25) is 15.9 Å². The fourth-order valence-electron chi connectivity index (χ4n) is 2.05. The molecule has 1 amide bonds. The number of rotatable bonds is 2. The van der Waals surface area contributed by atoms with Gasteiger partial charge in [0, 0.05) is 5.70 Å². The van der Waals surface area contributed by atoms with Crippen LogP contribution in [0.25, 0.3) is 0 Å². The third-order valence-corrected chi connectivity index (χ3v) is 5.12. The highest BCUT2D eigenvalue weighted by Gasteiger charge is 2.40. The third kappa shape index (κ3) is 1.58. The maximum atomic E-state index is 11.9. The van der Waals surface area contributed by atoms with Gasteiger partial charge < -0.3 is 5.32 Å². The molecule has 0 aromatic heterocycles. The van der Waals surface area contributed by atoms with Gasteiger partial charge in [-0.25, -0.2) is 13.1 Å². The van der Waals surface area contributed by atoms with Crippen molar-refractivity contribution in [2.24, 2.45) is 0 Å². The van der Waals surface area contributed by atoms with E-state index >= 15 is 0 Å². The summed E-state index contributed by atoms with van der Waals surface area (Å²) in [7, 11) is -1.99. The molecule has 0 spiro atoms. The molecule has 0 saturated heterocycles. The first-order chi connectivity index (χ1) is 7.38. The highest BCUT2D eigenvalue weighted by molar-refractivity contribution is 7.91. The van der Waals surface area contributed by atoms with E-state index in [-0.39, 0.29) is 5.91 Å². The molecule has 1 unspecified atom stereocenters. The first-order valence-electron chi connectivity index (χ1n) is 5.02. The Kier molecular flexibility index (Phi) is 2.43. The molecule has 1 aliphatic carbocycles. The van der Waals surface area contributed by atoms with Crippen molar-refractivity contribution < 1.29 is 13.2 Å². The number of hydrogen-bond donors (Lipinski definition) is 2. The van der Waals surface area contributed by atoms with Crippen LogP contribution in [0.2, 0.25) is 0 Å². The maximum Gasteiger partial charge on any atom is 0.228 e. The average Bonchev–Trinajstić information content (AvgIpc) is 2.57. The van der Waals surface area contributed by atoms with Crippen molar-refractivity contribution in [3.63, 3.8) is 0 Å². The van der Waals surface area contributed by atoms with Crippen molar-refractivity contribution >= 4 is 15.9 Å². The van der Waals surface area contributed by atoms with Crippen molar-refractivity contribution in [1.82, 2.24) is 10.0 Å². The van der Waals surface area contributed by atoms with Crippen LogP contribution < -0.4 is 10.0 Å². The van der Waals surface area contributed by atoms with Crippen molar-refractivity contribution in [2.45, 2.75) is 24.5 Å². The summed E-state index contributed by atoms with van der Waals surface area (Å²) < 4.78 is 25.1. The first kappa shape index (κ1) is 11.3. The monoisotopic (exact) mass is 242 g/mol. The molecule has 0 saturated carbocycles. The van der Waals surface area contributed by atoms with Crippen LogP contribution in [0, 0.1) is 0 Å². The lowest BCUT2D eigenvalue weighted by atomic mass is 9.93. The number of sulfonamides is 1. The molecule has 88 valence electrons. The summed E-state index contributed by atoms with van der Waals surface area (Å²) >= 11 is 0. The van der Waals surface area contributed by atoms with Gasteiger partial charge in [-0.15, -0.1) is 0 Å². The molecular weight excluding hydrogens is 228 g/mol. The smallest absolute Gasteiger partial charge is 0.228 e. The molecule has 0 bridgehead atoms. The van der Waals surface area contributed by atoms with E-state index in [1.165, 1.54) is 7.05 Å². The maximum absolute atomic E-state index is 11.9. The van der Waals surface area contributed by atoms with E-state index in [0.29, 0.717) is 12.8 Å². The molecule has 16 heavy (non-hydrogen) atoms. The van der Waals surface area contributed by atoms with Crippen LogP contribution in [0.4, 0.5) is 0 Å². The van der Waals surface area contributed by atoms with Crippen LogP contribution in [0.15, 0.2) is 23.4 Å². The van der Waals surface area contributed by atoms with Crippen LogP contribution in [-0.4, -0.2) is 26.1 Å². The number of carbonyl (C=O) groups excluding carboxylic acids is 1. The highest BCUT2D eigenvalue weighted by atomic mass is 32.2. The molecule has 0 aromatic rings. The van der Waals surface area contributed by atoms with Crippen molar-refractivity contribution in [3.8, 4) is 0 Å². The van der Waals surface area contributed by atoms with Crippen molar-refractivity contribution in [2.75, 3.05) is 7.05 Å². The van der Waals surface area contributed by atoms with Crippen LogP contribution in [0.1, 0.15) is 19.8 Å². The summed E-state index contributed by atoms with van der Waals surface area (Å²) in [6, 6.07) is 0. The second kappa shape index (κ2) is 3.43. The minimum atomic E-state index is -3.39. The molecule has 5 nitrogen and oxygen atoms in total. The number of nitrogens with one attached hydrogen (secondary N) is 2. The Balaban J connectivity index is 2.34. The third-order valence-electron chi connectivity index (χ3n) is 3.08. The van der Waals surface area contributed by atoms with Crippen LogP contribution >= 0.6 is 0 Å². The molecule has 2 aliphatic rings. The standard InChI is InChI=1S/C10H14N2O3S/c1-10(16(14,15)11-2)4-3-8-7(6-10)5-9(13)12-8/h3-4,11H,5-6H2,1-2H3,(H,12,13). The van der Waals surface area contributed by atoms with Crippen molar-refractivity contribution in [3.05, 3.63) is 23.4 Å². The fourth-order valence-corrected chi connectivity index (χ4v) is 3.13. The number of hydrogen-bond acceptors (Lipinski definition) is 3. The SMILES string of the molecule is CNS(=O)(=O)C1(C)C=CC2=C(CC(=O)N2)C1. The largest absolute Gasteiger partial charge is 0.326 e. The van der Waals surface area contributed by atoms with E-state index in [0.717, 1.165) is 11.3 Å². The van der Waals surface area contributed by atoms with Crippen LogP contribution in [0.3, 0.4) is 0 Å². The van der Waals surface area contributed by atoms with E-state index in [4.69, 9.17) is 0 Å². The molecule has 2 rings (SSSR count). The minimum absolute atomic E-state index is 0.0687. The number of carbonyl (C=O) groups is 1. The Hall–Kier alpha value is -1.14. The Labute approximate surface area is 94.7 Å². The molecule has 6 heteroatoms. The molecule has 0 aromatic carbocycles. The Morgan fingerprint density at radius 2 is 2.19 bits per heavy atom. The van der Waals surface area contributed by atoms with Crippen LogP contribution in [0.5, 0.6) is 0 Å². The highest BCUT2D eigenvalue weighted by Crippen LogP contribution is 2.35. The molecule has 1 heterocycles. The Bertz CT molecular complexity index is 504. The van der Waals surface area contributed by atoms with Gasteiger partial charge in [0.15, 0.2) is 0 Å². The minimum Gasteiger partial charge on any atom is -0.326 e. The quantitative estimate of drug-likeness (QED) is 0.717. The molecule has 0 fully saturated rings. The van der Waals surface area contributed by atoms with Gasteiger partial charge >= 0.3 is 0 Å². The summed E-state index contributed by atoms with van der Waals surface area (Å²) in [6.07, 6.45) is 3.97. The summed E-state index contributed by atoms with van der Waals surface area (Å²) in [5.41, 5.74) is 1.63. The summed E-state index contributed by atoms with van der Waals surface area (Å²) in [6.45, 7) is 1.65. The zero-order valence-corrected chi connectivity index (χ0v) is 10.0. The summed E-state index contributed by atoms with van der Waals surface area (Å²) in [5, 5.41) is 2.70. The van der Waals surface area contributed by atoms with Crippen LogP contribution in [-0.2, 0) is 14.8 Å². The van der Waals surface area contributed by atoms with Gasteiger partial charge in [0.25, 0.3) is 0 Å². The fraction of sp³-hybridized carbons (Fsp3) is 0.500. The first-order valence-corrected chi connectivity index (χ1v) is 6.50. The second-order valence-electron chi connectivity index (χ2n) is 4.27. The van der Waals surface area contributed by atoms with Gasteiger partial charge in [-0.3, -0.25) is 4.79 Å². The molecule has 1 aliphatic heterocycles. The molecule has 1 atom stereocenters. The van der Waals surface area contributed by atoms with E-state index < -0.39 is 14.8 Å². The normalized spacial score (nSPS) is 29.2. The van der Waals surface area contributed by atoms with Gasteiger partial charge in [0.05, 0.1) is 6.42 Å². The van der Waals surface area contributed by atoms with E-state index in [1.54, 1.807) is 19.1 Å². The molecule has 0 radical (unpaired) electrons. The Morgan fingerprint density at radius 1 is 1.50 bits per heavy atom. The van der Waals surface area contributed by atoms with Crippen molar-refractivity contribution in [1.29, 1.82) is 0 Å². The lowest BCUT2D eigenvalue weighted by molar-refractivity contribution is -0.118. The van der Waals surface area contributed by atoms with E-state index in [1.807, 2.05) is 0 Å². The van der Waals surface area contributed by atoms with Gasteiger partial charge in [0.1, 0.15) is 4.75 Å². The Morgan fingerprint density at radius 3 is 2.81 bits per heavy atom. The van der Waals surface area contributed by atoms with E-state index in [2.05, 4.69) is 10.0 Å². The topological polar surface area (TPSA) is 75.3 Å². The zero-order valence-electron chi connectivity index (χ0n) is 9.20. The summed E-state index contributed by atoms with van der Waals surface area (Å²) in [4.78, 5) is 11.2. The predicted octanol–water partition coefficient (Wildman–Crippen LogP) is 0.0282. The summed E-state index contributed by atoms with van der Waals surface area (Å²) in [5.74, 6) is -0.0687. The number of allylic oxidation sites excluding steroid dienone is 1.